The Morgan fingerprint density at radius 2 is 2.25 bits per heavy atom. The molecule has 1 aliphatic rings. The largest absolute Gasteiger partial charge is 0.459 e. The first-order valence-electron chi connectivity index (χ1n) is 4.24. The number of ether oxygens (including phenoxy) is 1. The fraction of sp³-hybridized carbons (Fsp3) is 0.600. The highest BCUT2D eigenvalue weighted by molar-refractivity contribution is 5.18. The molecule has 12 heavy (non-hydrogen) atoms. The molecule has 0 aromatic heterocycles. The number of halogens is 1. The molecule has 0 heterocycles. The van der Waals surface area contributed by atoms with Gasteiger partial charge in [0.15, 0.2) is 0 Å². The van der Waals surface area contributed by atoms with E-state index in [1.165, 1.54) is 13.8 Å². The molecule has 0 spiro atoms. The summed E-state index contributed by atoms with van der Waals surface area (Å²) in [7, 11) is 0. The predicted molar refractivity (Wildman–Crippen MR) is 47.3 cm³/mol. The van der Waals surface area contributed by atoms with Gasteiger partial charge in [-0.15, -0.1) is 0 Å². The average Bonchev–Trinajstić information content (AvgIpc) is 1.91. The maximum absolute atomic E-state index is 13.0. The van der Waals surface area contributed by atoms with Gasteiger partial charge < -0.3 is 4.74 Å². The molecule has 2 heteroatoms. The van der Waals surface area contributed by atoms with Crippen molar-refractivity contribution in [3.05, 3.63) is 24.0 Å². The molecule has 1 rings (SSSR count). The van der Waals surface area contributed by atoms with E-state index in [-0.39, 0.29) is 0 Å². The van der Waals surface area contributed by atoms with Crippen LogP contribution in [0.25, 0.3) is 0 Å². The van der Waals surface area contributed by atoms with Gasteiger partial charge in [0, 0.05) is 13.8 Å². The molecular weight excluding hydrogens is 155 g/mol. The normalized spacial score (nSPS) is 23.7. The van der Waals surface area contributed by atoms with Crippen LogP contribution in [0.1, 0.15) is 27.2 Å². The van der Waals surface area contributed by atoms with Gasteiger partial charge in [0.25, 0.3) is 0 Å². The summed E-state index contributed by atoms with van der Waals surface area (Å²) >= 11 is 0. The molecule has 1 nitrogen and oxygen atoms in total. The fourth-order valence-electron chi connectivity index (χ4n) is 1.06. The third-order valence-corrected chi connectivity index (χ3v) is 1.64. The van der Waals surface area contributed by atoms with Crippen LogP contribution in [0, 0.1) is 5.92 Å². The number of hydrogen-bond acceptors (Lipinski definition) is 1. The van der Waals surface area contributed by atoms with Crippen molar-refractivity contribution in [3.63, 3.8) is 0 Å². The van der Waals surface area contributed by atoms with Gasteiger partial charge in [-0.1, -0.05) is 13.0 Å². The summed E-state index contributed by atoms with van der Waals surface area (Å²) in [5.74, 6) is -0.391. The van der Waals surface area contributed by atoms with E-state index in [2.05, 4.69) is 6.92 Å². The summed E-state index contributed by atoms with van der Waals surface area (Å²) in [6, 6.07) is 0. The highest BCUT2D eigenvalue weighted by Gasteiger charge is 2.18. The van der Waals surface area contributed by atoms with E-state index in [4.69, 9.17) is 4.74 Å². The molecule has 0 bridgehead atoms. The van der Waals surface area contributed by atoms with Gasteiger partial charge in [0.1, 0.15) is 5.76 Å². The molecule has 1 unspecified atom stereocenters. The minimum atomic E-state index is -1.57. The van der Waals surface area contributed by atoms with Crippen LogP contribution in [0.15, 0.2) is 24.0 Å². The molecule has 0 saturated heterocycles. The number of hydrogen-bond donors (Lipinski definition) is 0. The molecule has 0 radical (unpaired) electrons. The van der Waals surface area contributed by atoms with Crippen LogP contribution in [-0.4, -0.2) is 5.85 Å². The maximum atomic E-state index is 13.0. The molecule has 1 atom stereocenters. The van der Waals surface area contributed by atoms with Crippen molar-refractivity contribution >= 4 is 0 Å². The monoisotopic (exact) mass is 170 g/mol. The first-order valence-corrected chi connectivity index (χ1v) is 4.24. The molecule has 0 N–H and O–H groups in total. The second-order valence-corrected chi connectivity index (χ2v) is 3.64. The van der Waals surface area contributed by atoms with E-state index >= 15 is 0 Å². The molecule has 0 aromatic carbocycles. The third-order valence-electron chi connectivity index (χ3n) is 1.64. The van der Waals surface area contributed by atoms with Crippen molar-refractivity contribution in [1.82, 2.24) is 0 Å². The Kier molecular flexibility index (Phi) is 2.55. The number of allylic oxidation sites excluding steroid dienone is 3. The van der Waals surface area contributed by atoms with Crippen LogP contribution < -0.4 is 0 Å². The van der Waals surface area contributed by atoms with Gasteiger partial charge in [0.2, 0.25) is 5.85 Å². The Hall–Kier alpha value is -0.790. The summed E-state index contributed by atoms with van der Waals surface area (Å²) in [5.41, 5.74) is 0. The van der Waals surface area contributed by atoms with Gasteiger partial charge in [-0.3, -0.25) is 0 Å². The maximum Gasteiger partial charge on any atom is 0.242 e. The van der Waals surface area contributed by atoms with Crippen molar-refractivity contribution < 1.29 is 9.13 Å². The smallest absolute Gasteiger partial charge is 0.242 e. The summed E-state index contributed by atoms with van der Waals surface area (Å²) < 4.78 is 18.0. The topological polar surface area (TPSA) is 9.23 Å². The number of alkyl halides is 1. The molecular formula is C10H15FO. The van der Waals surface area contributed by atoms with Crippen molar-refractivity contribution in [2.24, 2.45) is 5.92 Å². The Bertz CT molecular complexity index is 210. The zero-order chi connectivity index (χ0) is 9.19. The summed E-state index contributed by atoms with van der Waals surface area (Å²) in [6.07, 6.45) is 6.71. The Morgan fingerprint density at radius 3 is 2.67 bits per heavy atom. The Morgan fingerprint density at radius 1 is 1.58 bits per heavy atom. The molecule has 0 aliphatic heterocycles. The highest BCUT2D eigenvalue weighted by atomic mass is 19.2. The second-order valence-electron chi connectivity index (χ2n) is 3.64. The van der Waals surface area contributed by atoms with Crippen LogP contribution in [0.2, 0.25) is 0 Å². The van der Waals surface area contributed by atoms with Crippen LogP contribution in [0.5, 0.6) is 0 Å². The summed E-state index contributed by atoms with van der Waals surface area (Å²) in [4.78, 5) is 0. The van der Waals surface area contributed by atoms with E-state index in [1.807, 2.05) is 18.2 Å². The Balaban J connectivity index is 2.51. The molecule has 0 aromatic rings. The minimum Gasteiger partial charge on any atom is -0.459 e. The van der Waals surface area contributed by atoms with Gasteiger partial charge in [-0.25, -0.2) is 0 Å². The zero-order valence-corrected chi connectivity index (χ0v) is 7.80. The first-order chi connectivity index (χ1) is 5.47. The predicted octanol–water partition coefficient (Wildman–Crippen LogP) is 3.19. The van der Waals surface area contributed by atoms with Gasteiger partial charge in [0.05, 0.1) is 0 Å². The first kappa shape index (κ1) is 9.30. The van der Waals surface area contributed by atoms with Crippen molar-refractivity contribution in [1.29, 1.82) is 0 Å². The quantitative estimate of drug-likeness (QED) is 0.618. The second kappa shape index (κ2) is 3.30. The third kappa shape index (κ3) is 3.07. The fourth-order valence-corrected chi connectivity index (χ4v) is 1.06. The van der Waals surface area contributed by atoms with E-state index < -0.39 is 5.85 Å². The lowest BCUT2D eigenvalue weighted by molar-refractivity contribution is -0.0749. The Labute approximate surface area is 72.9 Å². The summed E-state index contributed by atoms with van der Waals surface area (Å²) in [5, 5.41) is 0. The standard InChI is InChI=1S/C10H15FO/c1-8-4-6-9(7-5-8)12-10(2,3)11/h4,6-8H,5H2,1-3H3. The summed E-state index contributed by atoms with van der Waals surface area (Å²) in [6.45, 7) is 4.92. The van der Waals surface area contributed by atoms with Gasteiger partial charge >= 0.3 is 0 Å². The van der Waals surface area contributed by atoms with Crippen LogP contribution >= 0.6 is 0 Å². The van der Waals surface area contributed by atoms with Crippen LogP contribution in [0.4, 0.5) is 4.39 Å². The van der Waals surface area contributed by atoms with Crippen molar-refractivity contribution in [2.45, 2.75) is 33.0 Å². The number of rotatable bonds is 2. The molecule has 0 amide bonds. The zero-order valence-electron chi connectivity index (χ0n) is 7.80. The highest BCUT2D eigenvalue weighted by Crippen LogP contribution is 2.22. The van der Waals surface area contributed by atoms with Crippen molar-refractivity contribution in [2.75, 3.05) is 0 Å². The van der Waals surface area contributed by atoms with Crippen molar-refractivity contribution in [3.8, 4) is 0 Å². The van der Waals surface area contributed by atoms with E-state index in [0.29, 0.717) is 11.7 Å². The van der Waals surface area contributed by atoms with Crippen LogP contribution in [0.3, 0.4) is 0 Å². The molecule has 0 fully saturated rings. The van der Waals surface area contributed by atoms with Gasteiger partial charge in [-0.2, -0.15) is 4.39 Å². The lowest BCUT2D eigenvalue weighted by Crippen LogP contribution is -2.17. The lowest BCUT2D eigenvalue weighted by atomic mass is 10.0. The molecule has 1 aliphatic carbocycles. The van der Waals surface area contributed by atoms with Gasteiger partial charge in [-0.05, 0) is 24.5 Å². The van der Waals surface area contributed by atoms with E-state index in [9.17, 15) is 4.39 Å². The van der Waals surface area contributed by atoms with E-state index in [0.717, 1.165) is 6.42 Å². The molecule has 0 saturated carbocycles. The van der Waals surface area contributed by atoms with E-state index in [1.54, 1.807) is 0 Å². The minimum absolute atomic E-state index is 0.542. The molecule has 68 valence electrons. The van der Waals surface area contributed by atoms with Crippen LogP contribution in [-0.2, 0) is 4.74 Å². The lowest BCUT2D eigenvalue weighted by Gasteiger charge is -2.20. The SMILES string of the molecule is CC1C=CC(OC(C)(C)F)=CC1. The average molecular weight is 170 g/mol.